The second-order valence-electron chi connectivity index (χ2n) is 7.23. The van der Waals surface area contributed by atoms with Gasteiger partial charge in [0.15, 0.2) is 21.2 Å². The van der Waals surface area contributed by atoms with Crippen LogP contribution in [0.5, 0.6) is 0 Å². The van der Waals surface area contributed by atoms with Crippen LogP contribution in [0.1, 0.15) is 29.8 Å². The Morgan fingerprint density at radius 2 is 1.69 bits per heavy atom. The van der Waals surface area contributed by atoms with Crippen LogP contribution in [0.4, 0.5) is 8.78 Å². The molecule has 0 amide bonds. The minimum absolute atomic E-state index is 0.237. The summed E-state index contributed by atoms with van der Waals surface area (Å²) in [5.74, 6) is -2.42. The highest BCUT2D eigenvalue weighted by atomic mass is 32.2. The summed E-state index contributed by atoms with van der Waals surface area (Å²) >= 11 is 0. The SMILES string of the molecule is CC(C)(OC(=O)c1cccc(-[s+]2ccc3ccccc32)c1)c1ccc(F)c(F)c1. The molecule has 2 nitrogen and oxygen atoms in total. The van der Waals surface area contributed by atoms with E-state index in [-0.39, 0.29) is 10.5 Å². The molecule has 1 atom stereocenters. The highest BCUT2D eigenvalue weighted by molar-refractivity contribution is 7.43. The van der Waals surface area contributed by atoms with Gasteiger partial charge in [-0.15, -0.1) is 0 Å². The second kappa shape index (κ2) is 7.41. The van der Waals surface area contributed by atoms with Crippen molar-refractivity contribution in [3.63, 3.8) is 0 Å². The van der Waals surface area contributed by atoms with Crippen LogP contribution in [0.3, 0.4) is 0 Å². The average Bonchev–Trinajstić information content (AvgIpc) is 3.14. The van der Waals surface area contributed by atoms with Gasteiger partial charge < -0.3 is 4.74 Å². The molecule has 0 radical (unpaired) electrons. The van der Waals surface area contributed by atoms with E-state index in [4.69, 9.17) is 4.74 Å². The molecule has 0 spiro atoms. The normalized spacial score (nSPS) is 12.2. The molecule has 0 saturated heterocycles. The van der Waals surface area contributed by atoms with Crippen LogP contribution in [0.25, 0.3) is 15.0 Å². The summed E-state index contributed by atoms with van der Waals surface area (Å²) in [5, 5.41) is 3.32. The number of benzene rings is 3. The van der Waals surface area contributed by atoms with E-state index in [1.54, 1.807) is 19.9 Å². The topological polar surface area (TPSA) is 26.3 Å². The number of carbonyl (C=O) groups excluding carboxylic acids is 1. The smallest absolute Gasteiger partial charge is 0.339 e. The van der Waals surface area contributed by atoms with Gasteiger partial charge in [-0.25, -0.2) is 13.6 Å². The first-order valence-electron chi connectivity index (χ1n) is 9.14. The number of hydrogen-bond donors (Lipinski definition) is 0. The maximum Gasteiger partial charge on any atom is 0.339 e. The fourth-order valence-corrected chi connectivity index (χ4v) is 5.15. The number of hydrogen-bond acceptors (Lipinski definition) is 2. The summed E-state index contributed by atoms with van der Waals surface area (Å²) < 4.78 is 33.7. The second-order valence-corrected chi connectivity index (χ2v) is 9.09. The third-order valence-corrected chi connectivity index (χ3v) is 6.84. The van der Waals surface area contributed by atoms with Crippen molar-refractivity contribution in [1.82, 2.24) is 0 Å². The first-order valence-corrected chi connectivity index (χ1v) is 10.4. The predicted octanol–water partition coefficient (Wildman–Crippen LogP) is 6.95. The van der Waals surface area contributed by atoms with Gasteiger partial charge in [-0.2, -0.15) is 0 Å². The zero-order valence-electron chi connectivity index (χ0n) is 16.0. The molecule has 1 heterocycles. The molecule has 1 aromatic heterocycles. The van der Waals surface area contributed by atoms with E-state index in [9.17, 15) is 13.6 Å². The van der Waals surface area contributed by atoms with E-state index >= 15 is 0 Å². The van der Waals surface area contributed by atoms with Gasteiger partial charge in [0.25, 0.3) is 0 Å². The Labute approximate surface area is 170 Å². The highest BCUT2D eigenvalue weighted by Gasteiger charge is 2.28. The molecular weight excluding hydrogens is 390 g/mol. The molecule has 146 valence electrons. The number of esters is 1. The van der Waals surface area contributed by atoms with Crippen molar-refractivity contribution < 1.29 is 18.3 Å². The Balaban J connectivity index is 1.62. The van der Waals surface area contributed by atoms with E-state index in [0.717, 1.165) is 17.0 Å². The largest absolute Gasteiger partial charge is 0.451 e. The first kappa shape index (κ1) is 19.3. The predicted molar refractivity (Wildman–Crippen MR) is 113 cm³/mol. The summed E-state index contributed by atoms with van der Waals surface area (Å²) in [4.78, 5) is 13.8. The Morgan fingerprint density at radius 1 is 0.897 bits per heavy atom. The molecule has 0 aliphatic carbocycles. The summed E-state index contributed by atoms with van der Waals surface area (Å²) in [6.07, 6.45) is 0. The lowest BCUT2D eigenvalue weighted by Crippen LogP contribution is -2.26. The third-order valence-electron chi connectivity index (χ3n) is 4.83. The van der Waals surface area contributed by atoms with Crippen molar-refractivity contribution in [3.05, 3.63) is 101 Å². The van der Waals surface area contributed by atoms with Gasteiger partial charge >= 0.3 is 5.97 Å². The number of ether oxygens (including phenoxy) is 1. The van der Waals surface area contributed by atoms with Gasteiger partial charge in [-0.3, -0.25) is 0 Å². The molecule has 0 saturated carbocycles. The Morgan fingerprint density at radius 3 is 2.48 bits per heavy atom. The van der Waals surface area contributed by atoms with Gasteiger partial charge in [-0.05, 0) is 55.8 Å². The summed E-state index contributed by atoms with van der Waals surface area (Å²) in [7, 11) is -0.237. The highest BCUT2D eigenvalue weighted by Crippen LogP contribution is 2.40. The zero-order valence-corrected chi connectivity index (χ0v) is 16.8. The zero-order chi connectivity index (χ0) is 20.6. The van der Waals surface area contributed by atoms with E-state index in [0.29, 0.717) is 11.1 Å². The molecule has 5 heteroatoms. The molecule has 0 fully saturated rings. The lowest BCUT2D eigenvalue weighted by Gasteiger charge is -2.25. The van der Waals surface area contributed by atoms with E-state index in [1.165, 1.54) is 16.2 Å². The Kier molecular flexibility index (Phi) is 4.92. The Bertz CT molecular complexity index is 1210. The van der Waals surface area contributed by atoms with Crippen molar-refractivity contribution in [2.75, 3.05) is 0 Å². The molecular formula is C24H19F2O2S+. The van der Waals surface area contributed by atoms with E-state index in [2.05, 4.69) is 23.6 Å². The number of fused-ring (bicyclic) bond motifs is 1. The summed E-state index contributed by atoms with van der Waals surface area (Å²) in [6, 6.07) is 21.1. The lowest BCUT2D eigenvalue weighted by atomic mass is 9.97. The monoisotopic (exact) mass is 409 g/mol. The maximum absolute atomic E-state index is 13.6. The van der Waals surface area contributed by atoms with Crippen LogP contribution in [0.2, 0.25) is 0 Å². The van der Waals surface area contributed by atoms with Crippen molar-refractivity contribution in [1.29, 1.82) is 0 Å². The van der Waals surface area contributed by atoms with Crippen LogP contribution in [0.15, 0.2) is 78.2 Å². The van der Waals surface area contributed by atoms with Gasteiger partial charge in [0, 0.05) is 28.0 Å². The van der Waals surface area contributed by atoms with Crippen LogP contribution in [-0.4, -0.2) is 5.97 Å². The van der Waals surface area contributed by atoms with Gasteiger partial charge in [0.05, 0.1) is 5.56 Å². The summed E-state index contributed by atoms with van der Waals surface area (Å²) in [6.45, 7) is 3.30. The molecule has 0 bridgehead atoms. The molecule has 1 unspecified atom stereocenters. The van der Waals surface area contributed by atoms with Crippen LogP contribution in [0, 0.1) is 11.6 Å². The third kappa shape index (κ3) is 3.78. The fourth-order valence-electron chi connectivity index (χ4n) is 3.22. The van der Waals surface area contributed by atoms with Crippen LogP contribution >= 0.6 is 10.5 Å². The van der Waals surface area contributed by atoms with Gasteiger partial charge in [0.2, 0.25) is 0 Å². The standard InChI is InChI=1S/C24H19F2O2S/c1-24(2,18-10-11-20(25)21(26)15-18)28-23(27)17-7-5-8-19(14-17)29-13-12-16-6-3-4-9-22(16)29/h3-15H,1-2H3/q+1. The van der Waals surface area contributed by atoms with E-state index < -0.39 is 23.2 Å². The molecule has 0 N–H and O–H groups in total. The number of halogens is 2. The number of carbonyl (C=O) groups is 1. The summed E-state index contributed by atoms with van der Waals surface area (Å²) in [5.41, 5.74) is -0.303. The van der Waals surface area contributed by atoms with Gasteiger partial charge in [0.1, 0.15) is 11.0 Å². The van der Waals surface area contributed by atoms with Crippen molar-refractivity contribution in [2.24, 2.45) is 0 Å². The number of rotatable bonds is 4. The van der Waals surface area contributed by atoms with Crippen LogP contribution in [-0.2, 0) is 10.3 Å². The molecule has 4 rings (SSSR count). The fraction of sp³-hybridized carbons (Fsp3) is 0.125. The molecule has 0 aliphatic heterocycles. The maximum atomic E-state index is 13.6. The minimum atomic E-state index is -1.11. The van der Waals surface area contributed by atoms with Crippen molar-refractivity contribution >= 4 is 26.5 Å². The number of thiophene rings is 1. The lowest BCUT2D eigenvalue weighted by molar-refractivity contribution is -0.00328. The molecule has 0 aliphatic rings. The van der Waals surface area contributed by atoms with E-state index in [1.807, 2.05) is 30.3 Å². The molecule has 3 aromatic carbocycles. The Hall–Kier alpha value is -3.05. The molecule has 29 heavy (non-hydrogen) atoms. The van der Waals surface area contributed by atoms with Crippen LogP contribution < -0.4 is 0 Å². The molecule has 4 aromatic rings. The van der Waals surface area contributed by atoms with Crippen molar-refractivity contribution in [3.8, 4) is 4.90 Å². The average molecular weight is 409 g/mol. The van der Waals surface area contributed by atoms with Crippen molar-refractivity contribution in [2.45, 2.75) is 19.4 Å². The first-order chi connectivity index (χ1) is 13.8. The minimum Gasteiger partial charge on any atom is -0.451 e. The quantitative estimate of drug-likeness (QED) is 0.269. The van der Waals surface area contributed by atoms with Gasteiger partial charge in [-0.1, -0.05) is 24.3 Å².